The summed E-state index contributed by atoms with van der Waals surface area (Å²) < 4.78 is 5.40. The third-order valence-electron chi connectivity index (χ3n) is 3.33. The SMILES string of the molecule is O=C(CN1CCNCC1)Nc1coc2ccccc12. The first-order valence-electron chi connectivity index (χ1n) is 6.52. The number of rotatable bonds is 3. The number of amides is 1. The van der Waals surface area contributed by atoms with Crippen LogP contribution in [0.2, 0.25) is 0 Å². The molecule has 0 aliphatic carbocycles. The van der Waals surface area contributed by atoms with Crippen LogP contribution in [0.4, 0.5) is 5.69 Å². The van der Waals surface area contributed by atoms with Crippen LogP contribution < -0.4 is 10.6 Å². The average Bonchev–Trinajstić information content (AvgIpc) is 2.83. The van der Waals surface area contributed by atoms with Gasteiger partial charge in [0, 0.05) is 31.6 Å². The minimum absolute atomic E-state index is 0.00783. The molecule has 0 bridgehead atoms. The Labute approximate surface area is 111 Å². The second-order valence-corrected chi connectivity index (χ2v) is 4.72. The summed E-state index contributed by atoms with van der Waals surface area (Å²) in [6.45, 7) is 4.16. The Kier molecular flexibility index (Phi) is 3.48. The molecule has 100 valence electrons. The van der Waals surface area contributed by atoms with Gasteiger partial charge in [0.1, 0.15) is 11.8 Å². The molecule has 5 heteroatoms. The van der Waals surface area contributed by atoms with Gasteiger partial charge >= 0.3 is 0 Å². The van der Waals surface area contributed by atoms with E-state index < -0.39 is 0 Å². The lowest BCUT2D eigenvalue weighted by molar-refractivity contribution is -0.117. The Balaban J connectivity index is 1.65. The Morgan fingerprint density at radius 1 is 1.32 bits per heavy atom. The van der Waals surface area contributed by atoms with Gasteiger partial charge in [-0.2, -0.15) is 0 Å². The number of furan rings is 1. The van der Waals surface area contributed by atoms with Crippen LogP contribution in [-0.4, -0.2) is 43.5 Å². The first-order chi connectivity index (χ1) is 9.33. The number of fused-ring (bicyclic) bond motifs is 1. The molecule has 19 heavy (non-hydrogen) atoms. The molecule has 1 aromatic carbocycles. The fraction of sp³-hybridized carbons (Fsp3) is 0.357. The molecule has 5 nitrogen and oxygen atoms in total. The number of carbonyl (C=O) groups excluding carboxylic acids is 1. The van der Waals surface area contributed by atoms with Crippen molar-refractivity contribution < 1.29 is 9.21 Å². The third-order valence-corrected chi connectivity index (χ3v) is 3.33. The zero-order valence-corrected chi connectivity index (χ0v) is 10.7. The van der Waals surface area contributed by atoms with Crippen LogP contribution in [0.3, 0.4) is 0 Å². The number of hydrogen-bond acceptors (Lipinski definition) is 4. The van der Waals surface area contributed by atoms with Crippen LogP contribution in [0.1, 0.15) is 0 Å². The van der Waals surface area contributed by atoms with E-state index in [2.05, 4.69) is 15.5 Å². The maximum absolute atomic E-state index is 12.0. The number of para-hydroxylation sites is 1. The number of anilines is 1. The van der Waals surface area contributed by atoms with Crippen molar-refractivity contribution in [3.05, 3.63) is 30.5 Å². The monoisotopic (exact) mass is 259 g/mol. The molecular weight excluding hydrogens is 242 g/mol. The van der Waals surface area contributed by atoms with E-state index in [1.54, 1.807) is 6.26 Å². The summed E-state index contributed by atoms with van der Waals surface area (Å²) in [5.41, 5.74) is 1.54. The molecule has 1 aliphatic heterocycles. The van der Waals surface area contributed by atoms with Gasteiger partial charge in [-0.1, -0.05) is 12.1 Å². The van der Waals surface area contributed by atoms with Crippen molar-refractivity contribution in [2.24, 2.45) is 0 Å². The van der Waals surface area contributed by atoms with E-state index in [0.717, 1.165) is 42.8 Å². The number of piperazine rings is 1. The topological polar surface area (TPSA) is 57.5 Å². The highest BCUT2D eigenvalue weighted by Gasteiger charge is 2.15. The van der Waals surface area contributed by atoms with Gasteiger partial charge in [0.05, 0.1) is 12.2 Å². The maximum atomic E-state index is 12.0. The van der Waals surface area contributed by atoms with Gasteiger partial charge in [-0.3, -0.25) is 9.69 Å². The molecule has 3 rings (SSSR count). The molecule has 1 aromatic heterocycles. The minimum atomic E-state index is 0.00783. The van der Waals surface area contributed by atoms with Gasteiger partial charge < -0.3 is 15.1 Å². The molecule has 1 aliphatic rings. The van der Waals surface area contributed by atoms with E-state index in [0.29, 0.717) is 6.54 Å². The zero-order chi connectivity index (χ0) is 13.1. The van der Waals surface area contributed by atoms with Crippen LogP contribution >= 0.6 is 0 Å². The van der Waals surface area contributed by atoms with E-state index in [1.807, 2.05) is 24.3 Å². The van der Waals surface area contributed by atoms with Crippen molar-refractivity contribution in [2.45, 2.75) is 0 Å². The summed E-state index contributed by atoms with van der Waals surface area (Å²) in [4.78, 5) is 14.2. The molecule has 0 unspecified atom stereocenters. The van der Waals surface area contributed by atoms with Crippen LogP contribution in [-0.2, 0) is 4.79 Å². The number of hydrogen-bond donors (Lipinski definition) is 2. The normalized spacial score (nSPS) is 16.6. The van der Waals surface area contributed by atoms with Gasteiger partial charge in [0.25, 0.3) is 0 Å². The van der Waals surface area contributed by atoms with Gasteiger partial charge in [0.15, 0.2) is 0 Å². The summed E-state index contributed by atoms with van der Waals surface area (Å²) >= 11 is 0. The Morgan fingerprint density at radius 3 is 2.95 bits per heavy atom. The van der Waals surface area contributed by atoms with Crippen molar-refractivity contribution in [3.63, 3.8) is 0 Å². The van der Waals surface area contributed by atoms with Gasteiger partial charge in [-0.15, -0.1) is 0 Å². The first-order valence-corrected chi connectivity index (χ1v) is 6.52. The number of carbonyl (C=O) groups is 1. The lowest BCUT2D eigenvalue weighted by Gasteiger charge is -2.26. The van der Waals surface area contributed by atoms with E-state index in [9.17, 15) is 4.79 Å². The van der Waals surface area contributed by atoms with Crippen molar-refractivity contribution in [1.82, 2.24) is 10.2 Å². The fourth-order valence-electron chi connectivity index (χ4n) is 2.34. The minimum Gasteiger partial charge on any atom is -0.462 e. The molecule has 1 fully saturated rings. The van der Waals surface area contributed by atoms with Crippen molar-refractivity contribution in [1.29, 1.82) is 0 Å². The lowest BCUT2D eigenvalue weighted by atomic mass is 10.2. The number of benzene rings is 1. The number of nitrogens with zero attached hydrogens (tertiary/aromatic N) is 1. The Morgan fingerprint density at radius 2 is 2.11 bits per heavy atom. The largest absolute Gasteiger partial charge is 0.462 e. The van der Waals surface area contributed by atoms with E-state index in [-0.39, 0.29) is 5.91 Å². The summed E-state index contributed by atoms with van der Waals surface area (Å²) in [7, 11) is 0. The zero-order valence-electron chi connectivity index (χ0n) is 10.7. The van der Waals surface area contributed by atoms with Crippen molar-refractivity contribution in [3.8, 4) is 0 Å². The van der Waals surface area contributed by atoms with Crippen molar-refractivity contribution >= 4 is 22.6 Å². The van der Waals surface area contributed by atoms with Crippen molar-refractivity contribution in [2.75, 3.05) is 38.0 Å². The molecular formula is C14H17N3O2. The molecule has 0 spiro atoms. The third kappa shape index (κ3) is 2.77. The average molecular weight is 259 g/mol. The quantitative estimate of drug-likeness (QED) is 0.871. The van der Waals surface area contributed by atoms with Crippen LogP contribution in [0.5, 0.6) is 0 Å². The van der Waals surface area contributed by atoms with Crippen LogP contribution in [0, 0.1) is 0 Å². The maximum Gasteiger partial charge on any atom is 0.238 e. The van der Waals surface area contributed by atoms with Gasteiger partial charge in [-0.05, 0) is 12.1 Å². The predicted octanol–water partition coefficient (Wildman–Crippen LogP) is 1.28. The van der Waals surface area contributed by atoms with Crippen LogP contribution in [0.15, 0.2) is 34.9 Å². The standard InChI is InChI=1S/C14H17N3O2/c18-14(9-17-7-5-15-6-8-17)16-12-10-19-13-4-2-1-3-11(12)13/h1-4,10,15H,5-9H2,(H,16,18). The molecule has 0 saturated carbocycles. The Bertz CT molecular complexity index is 573. The molecule has 0 radical (unpaired) electrons. The van der Waals surface area contributed by atoms with Gasteiger partial charge in [-0.25, -0.2) is 0 Å². The molecule has 2 heterocycles. The van der Waals surface area contributed by atoms with Crippen LogP contribution in [0.25, 0.3) is 11.0 Å². The molecule has 1 saturated heterocycles. The van der Waals surface area contributed by atoms with Gasteiger partial charge in [0.2, 0.25) is 5.91 Å². The number of nitrogens with one attached hydrogen (secondary N) is 2. The molecule has 2 aromatic rings. The van der Waals surface area contributed by atoms with E-state index in [4.69, 9.17) is 4.42 Å². The molecule has 0 atom stereocenters. The predicted molar refractivity (Wildman–Crippen MR) is 74.2 cm³/mol. The van der Waals surface area contributed by atoms with E-state index >= 15 is 0 Å². The molecule has 2 N–H and O–H groups in total. The Hall–Kier alpha value is -1.85. The summed E-state index contributed by atoms with van der Waals surface area (Å²) in [5.74, 6) is 0.00783. The van der Waals surface area contributed by atoms with E-state index in [1.165, 1.54) is 0 Å². The second kappa shape index (κ2) is 5.42. The fourth-order valence-corrected chi connectivity index (χ4v) is 2.34. The highest BCUT2D eigenvalue weighted by atomic mass is 16.3. The summed E-state index contributed by atoms with van der Waals surface area (Å²) in [6, 6.07) is 7.68. The smallest absolute Gasteiger partial charge is 0.238 e. The first kappa shape index (κ1) is 12.2. The second-order valence-electron chi connectivity index (χ2n) is 4.72. The lowest BCUT2D eigenvalue weighted by Crippen LogP contribution is -2.46. The highest BCUT2D eigenvalue weighted by Crippen LogP contribution is 2.25. The summed E-state index contributed by atoms with van der Waals surface area (Å²) in [6.07, 6.45) is 1.60. The summed E-state index contributed by atoms with van der Waals surface area (Å²) in [5, 5.41) is 7.13. The highest BCUT2D eigenvalue weighted by molar-refractivity contribution is 6.01. The molecule has 1 amide bonds.